The lowest BCUT2D eigenvalue weighted by Gasteiger charge is -2.11. The molecule has 0 unspecified atom stereocenters. The molecule has 0 heterocycles. The van der Waals surface area contributed by atoms with Crippen molar-refractivity contribution >= 4 is 58.4 Å². The Balaban J connectivity index is 2.61. The third kappa shape index (κ3) is 3.72. The highest BCUT2D eigenvalue weighted by molar-refractivity contribution is 6.45. The van der Waals surface area contributed by atoms with Gasteiger partial charge in [0.2, 0.25) is 0 Å². The van der Waals surface area contributed by atoms with Crippen molar-refractivity contribution in [2.75, 3.05) is 0 Å². The predicted molar refractivity (Wildman–Crippen MR) is 88.6 cm³/mol. The monoisotopic (exact) mass is 360 g/mol. The van der Waals surface area contributed by atoms with Crippen LogP contribution in [-0.2, 0) is 4.79 Å². The molecule has 0 radical (unpaired) electrons. The van der Waals surface area contributed by atoms with Crippen LogP contribution in [0.2, 0.25) is 20.1 Å². The summed E-state index contributed by atoms with van der Waals surface area (Å²) < 4.78 is 0. The zero-order valence-electron chi connectivity index (χ0n) is 10.4. The molecule has 0 saturated carbocycles. The topological polar surface area (TPSA) is 37.3 Å². The fourth-order valence-electron chi connectivity index (χ4n) is 1.80. The molecule has 0 fully saturated rings. The number of benzene rings is 2. The maximum absolute atomic E-state index is 10.6. The van der Waals surface area contributed by atoms with Gasteiger partial charge in [-0.15, -0.1) is 0 Å². The molecular weight excluding hydrogens is 354 g/mol. The third-order valence-electron chi connectivity index (χ3n) is 2.72. The quantitative estimate of drug-likeness (QED) is 0.532. The van der Waals surface area contributed by atoms with Crippen LogP contribution in [0.25, 0.3) is 17.2 Å². The Bertz CT molecular complexity index is 739. The first-order valence-corrected chi connectivity index (χ1v) is 7.25. The molecule has 2 aromatic carbocycles. The zero-order valence-corrected chi connectivity index (χ0v) is 13.4. The third-order valence-corrected chi connectivity index (χ3v) is 4.16. The summed E-state index contributed by atoms with van der Waals surface area (Å²) in [6, 6.07) is 8.40. The molecule has 0 aliphatic heterocycles. The number of carbonyl (C=O) groups is 1. The van der Waals surface area contributed by atoms with Crippen molar-refractivity contribution in [2.24, 2.45) is 0 Å². The van der Waals surface area contributed by atoms with Crippen LogP contribution in [0.1, 0.15) is 5.56 Å². The Morgan fingerprint density at radius 1 is 1.00 bits per heavy atom. The van der Waals surface area contributed by atoms with Crippen LogP contribution in [0, 0.1) is 0 Å². The molecule has 0 bridgehead atoms. The Hall–Kier alpha value is -1.19. The molecule has 108 valence electrons. The van der Waals surface area contributed by atoms with Crippen LogP contribution in [0.5, 0.6) is 0 Å². The largest absolute Gasteiger partial charge is 0.478 e. The smallest absolute Gasteiger partial charge is 0.328 e. The summed E-state index contributed by atoms with van der Waals surface area (Å²) >= 11 is 24.5. The lowest BCUT2D eigenvalue weighted by Crippen LogP contribution is -1.88. The van der Waals surface area contributed by atoms with Gasteiger partial charge in [-0.05, 0) is 23.8 Å². The first kappa shape index (κ1) is 16.2. The number of carboxylic acids is 1. The number of halogens is 4. The van der Waals surface area contributed by atoms with Gasteiger partial charge in [-0.1, -0.05) is 64.6 Å². The number of rotatable bonds is 3. The van der Waals surface area contributed by atoms with Gasteiger partial charge in [-0.3, -0.25) is 0 Å². The van der Waals surface area contributed by atoms with Gasteiger partial charge in [0.05, 0.1) is 15.1 Å². The SMILES string of the molecule is O=C(O)/C=C/c1cccc(-c2cc(Cl)cc(Cl)c2Cl)c1Cl. The molecule has 0 saturated heterocycles. The van der Waals surface area contributed by atoms with Gasteiger partial charge in [0.1, 0.15) is 0 Å². The van der Waals surface area contributed by atoms with E-state index in [9.17, 15) is 4.79 Å². The highest BCUT2D eigenvalue weighted by atomic mass is 35.5. The van der Waals surface area contributed by atoms with Gasteiger partial charge in [0.15, 0.2) is 0 Å². The second-order valence-corrected chi connectivity index (χ2v) is 5.73. The van der Waals surface area contributed by atoms with E-state index in [-0.39, 0.29) is 0 Å². The van der Waals surface area contributed by atoms with Gasteiger partial charge in [-0.25, -0.2) is 4.79 Å². The molecule has 1 N–H and O–H groups in total. The Morgan fingerprint density at radius 3 is 2.38 bits per heavy atom. The molecule has 0 spiro atoms. The summed E-state index contributed by atoms with van der Waals surface area (Å²) in [7, 11) is 0. The normalized spacial score (nSPS) is 11.0. The number of carboxylic acid groups (broad SMARTS) is 1. The summed E-state index contributed by atoms with van der Waals surface area (Å²) in [5.74, 6) is -1.06. The molecule has 0 aliphatic rings. The van der Waals surface area contributed by atoms with Crippen molar-refractivity contribution in [1.29, 1.82) is 0 Å². The van der Waals surface area contributed by atoms with Gasteiger partial charge >= 0.3 is 5.97 Å². The summed E-state index contributed by atoms with van der Waals surface area (Å²) in [6.45, 7) is 0. The molecular formula is C15H8Cl4O2. The first-order valence-electron chi connectivity index (χ1n) is 5.74. The van der Waals surface area contributed by atoms with Crippen LogP contribution in [0.3, 0.4) is 0 Å². The van der Waals surface area contributed by atoms with Crippen molar-refractivity contribution in [3.8, 4) is 11.1 Å². The fourth-order valence-corrected chi connectivity index (χ4v) is 2.79. The second-order valence-electron chi connectivity index (χ2n) is 4.13. The van der Waals surface area contributed by atoms with E-state index in [4.69, 9.17) is 51.5 Å². The Kier molecular flexibility index (Phi) is 5.17. The van der Waals surface area contributed by atoms with E-state index in [1.165, 1.54) is 12.1 Å². The number of hydrogen-bond acceptors (Lipinski definition) is 1. The van der Waals surface area contributed by atoms with E-state index in [2.05, 4.69) is 0 Å². The van der Waals surface area contributed by atoms with Gasteiger partial charge in [0, 0.05) is 22.2 Å². The summed E-state index contributed by atoms with van der Waals surface area (Å²) in [4.78, 5) is 10.6. The van der Waals surface area contributed by atoms with E-state index in [0.29, 0.717) is 36.8 Å². The number of aliphatic carboxylic acids is 1. The summed E-state index contributed by atoms with van der Waals surface area (Å²) in [5.41, 5.74) is 1.77. The van der Waals surface area contributed by atoms with Gasteiger partial charge in [-0.2, -0.15) is 0 Å². The molecule has 0 atom stereocenters. The summed E-state index contributed by atoms with van der Waals surface area (Å²) in [6.07, 6.45) is 2.42. The minimum absolute atomic E-state index is 0.321. The highest BCUT2D eigenvalue weighted by Crippen LogP contribution is 2.40. The van der Waals surface area contributed by atoms with Crippen molar-refractivity contribution < 1.29 is 9.90 Å². The molecule has 2 aromatic rings. The summed E-state index contributed by atoms with van der Waals surface area (Å²) in [5, 5.41) is 10.1. The highest BCUT2D eigenvalue weighted by Gasteiger charge is 2.13. The maximum atomic E-state index is 10.6. The van der Waals surface area contributed by atoms with Crippen LogP contribution in [-0.4, -0.2) is 11.1 Å². The van der Waals surface area contributed by atoms with Crippen LogP contribution >= 0.6 is 46.4 Å². The molecule has 0 aromatic heterocycles. The zero-order chi connectivity index (χ0) is 15.6. The average molecular weight is 362 g/mol. The average Bonchev–Trinajstić information content (AvgIpc) is 2.42. The molecule has 21 heavy (non-hydrogen) atoms. The van der Waals surface area contributed by atoms with Crippen LogP contribution < -0.4 is 0 Å². The molecule has 2 nitrogen and oxygen atoms in total. The van der Waals surface area contributed by atoms with Crippen molar-refractivity contribution in [2.45, 2.75) is 0 Å². The van der Waals surface area contributed by atoms with Crippen molar-refractivity contribution in [3.05, 3.63) is 62.1 Å². The predicted octanol–water partition coefficient (Wildman–Crippen LogP) is 6.07. The Morgan fingerprint density at radius 2 is 1.71 bits per heavy atom. The van der Waals surface area contributed by atoms with Crippen LogP contribution in [0.4, 0.5) is 0 Å². The lowest BCUT2D eigenvalue weighted by atomic mass is 10.0. The van der Waals surface area contributed by atoms with Crippen LogP contribution in [0.15, 0.2) is 36.4 Å². The fraction of sp³-hybridized carbons (Fsp3) is 0. The van der Waals surface area contributed by atoms with E-state index in [1.54, 1.807) is 24.3 Å². The molecule has 2 rings (SSSR count). The van der Waals surface area contributed by atoms with Gasteiger partial charge < -0.3 is 5.11 Å². The minimum atomic E-state index is -1.06. The van der Waals surface area contributed by atoms with Gasteiger partial charge in [0.25, 0.3) is 0 Å². The second kappa shape index (κ2) is 6.71. The standard InChI is InChI=1S/C15H8Cl4O2/c16-9-6-11(15(19)12(17)7-9)10-3-1-2-8(14(10)18)4-5-13(20)21/h1-7H,(H,20,21)/b5-4+. The van der Waals surface area contributed by atoms with Crippen molar-refractivity contribution in [1.82, 2.24) is 0 Å². The lowest BCUT2D eigenvalue weighted by molar-refractivity contribution is -0.131. The molecule has 0 amide bonds. The number of hydrogen-bond donors (Lipinski definition) is 1. The van der Waals surface area contributed by atoms with E-state index in [1.807, 2.05) is 0 Å². The van der Waals surface area contributed by atoms with Crippen molar-refractivity contribution in [3.63, 3.8) is 0 Å². The minimum Gasteiger partial charge on any atom is -0.478 e. The molecule has 0 aliphatic carbocycles. The molecule has 6 heteroatoms. The maximum Gasteiger partial charge on any atom is 0.328 e. The Labute approximate surface area is 141 Å². The first-order chi connectivity index (χ1) is 9.90. The van der Waals surface area contributed by atoms with E-state index < -0.39 is 5.97 Å². The van der Waals surface area contributed by atoms with E-state index in [0.717, 1.165) is 6.08 Å². The van der Waals surface area contributed by atoms with E-state index >= 15 is 0 Å².